The second-order valence-corrected chi connectivity index (χ2v) is 8.48. The Balaban J connectivity index is 2.00. The summed E-state index contributed by atoms with van der Waals surface area (Å²) in [6, 6.07) is 7.81. The molecule has 0 aliphatic heterocycles. The van der Waals surface area contributed by atoms with Gasteiger partial charge in [0.15, 0.2) is 0 Å². The molecule has 162 valence electrons. The van der Waals surface area contributed by atoms with Gasteiger partial charge in [-0.05, 0) is 62.7 Å². The van der Waals surface area contributed by atoms with E-state index < -0.39 is 0 Å². The number of phenols is 1. The summed E-state index contributed by atoms with van der Waals surface area (Å²) in [6.45, 7) is 5.54. The number of nitrogens with one attached hydrogen (secondary N) is 1. The number of benzene rings is 2. The van der Waals surface area contributed by atoms with E-state index >= 15 is 0 Å². The van der Waals surface area contributed by atoms with Gasteiger partial charge in [0.05, 0.1) is 5.52 Å². The Morgan fingerprint density at radius 2 is 1.97 bits per heavy atom. The summed E-state index contributed by atoms with van der Waals surface area (Å²) < 4.78 is 2.19. The molecule has 0 saturated heterocycles. The largest absolute Gasteiger partial charge is 0.508 e. The highest BCUT2D eigenvalue weighted by Gasteiger charge is 2.20. The number of carbonyl (C=O) groups excluding carboxylic acids is 1. The highest BCUT2D eigenvalue weighted by atomic mass is 16.3. The normalized spacial score (nSPS) is 11.8. The zero-order valence-electron chi connectivity index (χ0n) is 18.9. The van der Waals surface area contributed by atoms with E-state index in [0.29, 0.717) is 18.0 Å². The van der Waals surface area contributed by atoms with Crippen LogP contribution in [0.3, 0.4) is 0 Å². The van der Waals surface area contributed by atoms with E-state index in [9.17, 15) is 9.90 Å². The van der Waals surface area contributed by atoms with E-state index in [2.05, 4.69) is 41.8 Å². The van der Waals surface area contributed by atoms with Gasteiger partial charge in [0.25, 0.3) is 5.91 Å². The molecule has 31 heavy (non-hydrogen) atoms. The standard InChI is InChI=1S/C25H30N4O2/c1-6-7-17-21(30)9-8-20-22(17)19-14-18-16(15(2)24(19)29(20)5)10-11-26-23(18)25(31)27-12-13-28(3)4/h8-11,14,30H,6-7,12-13H2,1-5H3,(H,27,31). The molecule has 0 unspecified atom stereocenters. The molecule has 0 aliphatic carbocycles. The third kappa shape index (κ3) is 3.51. The minimum Gasteiger partial charge on any atom is -0.508 e. The molecule has 0 radical (unpaired) electrons. The van der Waals surface area contributed by atoms with Crippen molar-refractivity contribution in [3.8, 4) is 5.75 Å². The van der Waals surface area contributed by atoms with Crippen molar-refractivity contribution in [3.05, 3.63) is 47.3 Å². The number of pyridine rings is 1. The average molecular weight is 419 g/mol. The highest BCUT2D eigenvalue weighted by Crippen LogP contribution is 2.39. The predicted molar refractivity (Wildman–Crippen MR) is 127 cm³/mol. The number of nitrogens with zero attached hydrogens (tertiary/aromatic N) is 3. The maximum Gasteiger partial charge on any atom is 0.270 e. The Labute approximate surface area is 182 Å². The molecule has 0 aliphatic rings. The Bertz CT molecular complexity index is 1300. The van der Waals surface area contributed by atoms with Crippen LogP contribution in [0.15, 0.2) is 30.5 Å². The van der Waals surface area contributed by atoms with Crippen molar-refractivity contribution in [1.29, 1.82) is 0 Å². The molecule has 0 fully saturated rings. The lowest BCUT2D eigenvalue weighted by Gasteiger charge is -2.12. The summed E-state index contributed by atoms with van der Waals surface area (Å²) in [7, 11) is 6.02. The van der Waals surface area contributed by atoms with Gasteiger partial charge in [0.2, 0.25) is 0 Å². The van der Waals surface area contributed by atoms with Crippen LogP contribution in [0, 0.1) is 6.92 Å². The van der Waals surface area contributed by atoms with E-state index in [4.69, 9.17) is 0 Å². The fourth-order valence-electron chi connectivity index (χ4n) is 4.60. The van der Waals surface area contributed by atoms with Gasteiger partial charge in [-0.2, -0.15) is 0 Å². The van der Waals surface area contributed by atoms with Gasteiger partial charge in [0, 0.05) is 53.6 Å². The van der Waals surface area contributed by atoms with E-state index in [-0.39, 0.29) is 5.91 Å². The van der Waals surface area contributed by atoms with Crippen LogP contribution in [0.25, 0.3) is 32.6 Å². The average Bonchev–Trinajstić information content (AvgIpc) is 3.02. The summed E-state index contributed by atoms with van der Waals surface area (Å²) >= 11 is 0. The van der Waals surface area contributed by atoms with Gasteiger partial charge in [-0.25, -0.2) is 0 Å². The zero-order valence-corrected chi connectivity index (χ0v) is 18.9. The van der Waals surface area contributed by atoms with Gasteiger partial charge in [-0.1, -0.05) is 13.3 Å². The van der Waals surface area contributed by atoms with E-state index in [1.807, 2.05) is 31.1 Å². The van der Waals surface area contributed by atoms with E-state index in [1.54, 1.807) is 12.3 Å². The van der Waals surface area contributed by atoms with Gasteiger partial charge < -0.3 is 19.9 Å². The molecule has 0 atom stereocenters. The molecule has 6 heteroatoms. The van der Waals surface area contributed by atoms with E-state index in [0.717, 1.165) is 63.1 Å². The molecule has 0 saturated carbocycles. The predicted octanol–water partition coefficient (Wildman–Crippen LogP) is 4.14. The number of likely N-dealkylation sites (N-methyl/N-ethyl adjacent to an activating group) is 1. The third-order valence-corrected chi connectivity index (χ3v) is 6.09. The number of phenolic OH excluding ortho intramolecular Hbond substituents is 1. The van der Waals surface area contributed by atoms with Crippen LogP contribution in [0.4, 0.5) is 0 Å². The van der Waals surface area contributed by atoms with Crippen LogP contribution in [-0.2, 0) is 13.5 Å². The molecule has 2 N–H and O–H groups in total. The first-order chi connectivity index (χ1) is 14.8. The van der Waals surface area contributed by atoms with Gasteiger partial charge >= 0.3 is 0 Å². The molecular formula is C25H30N4O2. The summed E-state index contributed by atoms with van der Waals surface area (Å²) in [5.74, 6) is 0.163. The monoisotopic (exact) mass is 418 g/mol. The lowest BCUT2D eigenvalue weighted by molar-refractivity contribution is 0.0948. The second kappa shape index (κ2) is 8.19. The fourth-order valence-corrected chi connectivity index (χ4v) is 4.60. The second-order valence-electron chi connectivity index (χ2n) is 8.48. The summed E-state index contributed by atoms with van der Waals surface area (Å²) in [5, 5.41) is 17.5. The molecule has 2 aromatic heterocycles. The van der Waals surface area contributed by atoms with Crippen LogP contribution >= 0.6 is 0 Å². The number of aromatic hydroxyl groups is 1. The minimum atomic E-state index is -0.164. The maximum absolute atomic E-state index is 12.9. The number of hydrogen-bond donors (Lipinski definition) is 2. The SMILES string of the molecule is CCCc1c(O)ccc2c1c1cc3c(C(=O)NCCN(C)C)nccc3c(C)c1n2C. The Hall–Kier alpha value is -3.12. The molecule has 4 rings (SSSR count). The topological polar surface area (TPSA) is 70.4 Å². The van der Waals surface area contributed by atoms with Gasteiger partial charge in [-0.15, -0.1) is 0 Å². The van der Waals surface area contributed by atoms with Crippen molar-refractivity contribution in [3.63, 3.8) is 0 Å². The quantitative estimate of drug-likeness (QED) is 0.494. The molecule has 4 aromatic rings. The fraction of sp³-hybridized carbons (Fsp3) is 0.360. The third-order valence-electron chi connectivity index (χ3n) is 6.09. The number of aryl methyl sites for hydroxylation is 3. The molecule has 2 aromatic carbocycles. The first-order valence-corrected chi connectivity index (χ1v) is 10.8. The number of aromatic nitrogens is 2. The van der Waals surface area contributed by atoms with Crippen molar-refractivity contribution in [2.75, 3.05) is 27.2 Å². The van der Waals surface area contributed by atoms with Crippen LogP contribution in [-0.4, -0.2) is 52.6 Å². The number of carbonyl (C=O) groups is 1. The molecule has 6 nitrogen and oxygen atoms in total. The number of fused-ring (bicyclic) bond motifs is 4. The van der Waals surface area contributed by atoms with Gasteiger partial charge in [-0.3, -0.25) is 9.78 Å². The summed E-state index contributed by atoms with van der Waals surface area (Å²) in [4.78, 5) is 19.4. The maximum atomic E-state index is 12.9. The number of amides is 1. The van der Waals surface area contributed by atoms with Crippen molar-refractivity contribution >= 4 is 38.5 Å². The van der Waals surface area contributed by atoms with Crippen molar-refractivity contribution in [2.24, 2.45) is 7.05 Å². The molecule has 0 spiro atoms. The molecule has 0 bridgehead atoms. The van der Waals surface area contributed by atoms with E-state index in [1.165, 1.54) is 0 Å². The number of rotatable bonds is 6. The van der Waals surface area contributed by atoms with Crippen molar-refractivity contribution in [1.82, 2.24) is 19.8 Å². The molecule has 2 heterocycles. The highest BCUT2D eigenvalue weighted by molar-refractivity contribution is 6.18. The molecule has 1 amide bonds. The van der Waals surface area contributed by atoms with Crippen LogP contribution in [0.5, 0.6) is 5.75 Å². The first kappa shape index (κ1) is 21.1. The lowest BCUT2D eigenvalue weighted by atomic mass is 9.97. The lowest BCUT2D eigenvalue weighted by Crippen LogP contribution is -2.31. The Morgan fingerprint density at radius 1 is 1.19 bits per heavy atom. The zero-order chi connectivity index (χ0) is 22.3. The van der Waals surface area contributed by atoms with Crippen LogP contribution in [0.1, 0.15) is 35.0 Å². The van der Waals surface area contributed by atoms with Crippen LogP contribution in [0.2, 0.25) is 0 Å². The van der Waals surface area contributed by atoms with Crippen molar-refractivity contribution < 1.29 is 9.90 Å². The number of hydrogen-bond acceptors (Lipinski definition) is 4. The van der Waals surface area contributed by atoms with Gasteiger partial charge in [0.1, 0.15) is 11.4 Å². The smallest absolute Gasteiger partial charge is 0.270 e. The first-order valence-electron chi connectivity index (χ1n) is 10.8. The Kier molecular flexibility index (Phi) is 5.58. The summed E-state index contributed by atoms with van der Waals surface area (Å²) in [5.41, 5.74) is 4.72. The minimum absolute atomic E-state index is 0.164. The Morgan fingerprint density at radius 3 is 2.68 bits per heavy atom. The van der Waals surface area contributed by atoms with Crippen molar-refractivity contribution in [2.45, 2.75) is 26.7 Å². The van der Waals surface area contributed by atoms with Crippen LogP contribution < -0.4 is 5.32 Å². The molecular weight excluding hydrogens is 388 g/mol. The summed E-state index contributed by atoms with van der Waals surface area (Å²) in [6.07, 6.45) is 3.44.